The highest BCUT2D eigenvalue weighted by molar-refractivity contribution is 5.95. The topological polar surface area (TPSA) is 0 Å². The second-order valence-corrected chi connectivity index (χ2v) is 11.4. The zero-order chi connectivity index (χ0) is 28.3. The van der Waals surface area contributed by atoms with Crippen LogP contribution in [0.1, 0.15) is 60.1 Å². The minimum absolute atomic E-state index is 0.312. The largest absolute Gasteiger partial charge is 0.0804 e. The second kappa shape index (κ2) is 9.43. The highest BCUT2D eigenvalue weighted by Gasteiger charge is 2.59. The summed E-state index contributed by atoms with van der Waals surface area (Å²) in [5.74, 6) is 0. The summed E-state index contributed by atoms with van der Waals surface area (Å²) in [4.78, 5) is 0. The molecule has 0 N–H and O–H groups in total. The molecule has 0 radical (unpaired) electrons. The lowest BCUT2D eigenvalue weighted by molar-refractivity contribution is 0.596. The number of hydrogen-bond acceptors (Lipinski definition) is 0. The van der Waals surface area contributed by atoms with E-state index in [-0.39, 0.29) is 10.8 Å². The zero-order valence-electron chi connectivity index (χ0n) is 24.3. The van der Waals surface area contributed by atoms with E-state index in [4.69, 9.17) is 0 Å². The lowest BCUT2D eigenvalue weighted by atomic mass is 9.51. The van der Waals surface area contributed by atoms with Gasteiger partial charge in [-0.15, -0.1) is 0 Å². The number of rotatable bonds is 0. The van der Waals surface area contributed by atoms with Crippen LogP contribution in [0.4, 0.5) is 0 Å². The molecule has 0 saturated carbocycles. The third kappa shape index (κ3) is 2.92. The SMILES string of the molecule is C1=CCC2=C(C=C1)c1ccccc1C21C2=C(C=CC=CC2)C2(c3ccccc3-c3ccccc32)c2ccccc21.CC. The molecule has 5 aliphatic rings. The van der Waals surface area contributed by atoms with E-state index in [1.165, 1.54) is 66.8 Å². The monoisotopic (exact) mass is 538 g/mol. The van der Waals surface area contributed by atoms with Crippen LogP contribution >= 0.6 is 0 Å². The van der Waals surface area contributed by atoms with Gasteiger partial charge in [-0.1, -0.05) is 160 Å². The molecule has 0 saturated heterocycles. The summed E-state index contributed by atoms with van der Waals surface area (Å²) in [6.45, 7) is 4.00. The Labute approximate surface area is 249 Å². The summed E-state index contributed by atoms with van der Waals surface area (Å²) in [5.41, 5.74) is 16.4. The maximum Gasteiger partial charge on any atom is 0.0717 e. The molecular weight excluding hydrogens is 504 g/mol. The molecule has 4 aromatic carbocycles. The minimum atomic E-state index is -0.360. The molecule has 42 heavy (non-hydrogen) atoms. The van der Waals surface area contributed by atoms with Crippen molar-refractivity contribution < 1.29 is 0 Å². The first-order valence-corrected chi connectivity index (χ1v) is 15.4. The van der Waals surface area contributed by atoms with Gasteiger partial charge in [-0.05, 0) is 79.6 Å². The van der Waals surface area contributed by atoms with Gasteiger partial charge in [-0.25, -0.2) is 0 Å². The molecule has 0 heterocycles. The fourth-order valence-corrected chi connectivity index (χ4v) is 8.69. The first-order chi connectivity index (χ1) is 20.9. The van der Waals surface area contributed by atoms with Crippen molar-refractivity contribution in [3.8, 4) is 11.1 Å². The summed E-state index contributed by atoms with van der Waals surface area (Å²) in [7, 11) is 0. The van der Waals surface area contributed by atoms with Crippen LogP contribution in [0.5, 0.6) is 0 Å². The van der Waals surface area contributed by atoms with Crippen LogP contribution in [0.3, 0.4) is 0 Å². The molecule has 0 heteroatoms. The van der Waals surface area contributed by atoms with Gasteiger partial charge in [0.25, 0.3) is 0 Å². The van der Waals surface area contributed by atoms with Gasteiger partial charge in [0.1, 0.15) is 0 Å². The van der Waals surface area contributed by atoms with Crippen LogP contribution in [0.25, 0.3) is 16.7 Å². The van der Waals surface area contributed by atoms with Gasteiger partial charge in [0.05, 0.1) is 10.8 Å². The summed E-state index contributed by atoms with van der Waals surface area (Å²) < 4.78 is 0. The van der Waals surface area contributed by atoms with Crippen LogP contribution in [-0.4, -0.2) is 0 Å². The van der Waals surface area contributed by atoms with Gasteiger partial charge >= 0.3 is 0 Å². The van der Waals surface area contributed by atoms with Gasteiger partial charge in [0, 0.05) is 0 Å². The molecule has 2 spiro atoms. The molecule has 4 aromatic rings. The normalized spacial score (nSPS) is 21.1. The van der Waals surface area contributed by atoms with Crippen molar-refractivity contribution in [2.45, 2.75) is 37.5 Å². The lowest BCUT2D eigenvalue weighted by Crippen LogP contribution is -2.44. The Hall–Kier alpha value is -4.68. The average molecular weight is 539 g/mol. The molecule has 202 valence electrons. The van der Waals surface area contributed by atoms with Crippen molar-refractivity contribution in [1.82, 2.24) is 0 Å². The van der Waals surface area contributed by atoms with Gasteiger partial charge in [-0.2, -0.15) is 0 Å². The van der Waals surface area contributed by atoms with Gasteiger partial charge in [0.15, 0.2) is 0 Å². The molecule has 0 nitrogen and oxygen atoms in total. The van der Waals surface area contributed by atoms with E-state index < -0.39 is 0 Å². The van der Waals surface area contributed by atoms with Crippen LogP contribution in [0.15, 0.2) is 162 Å². The molecule has 5 aliphatic carbocycles. The maximum atomic E-state index is 2.44. The Morgan fingerprint density at radius 1 is 0.429 bits per heavy atom. The van der Waals surface area contributed by atoms with Crippen molar-refractivity contribution in [2.24, 2.45) is 0 Å². The molecule has 9 rings (SSSR count). The Bertz CT molecular complexity index is 1900. The van der Waals surface area contributed by atoms with E-state index in [1.54, 1.807) is 0 Å². The standard InChI is InChI=1S/C40H28.C2H6/c1-3-15-27-28-16-7-10-20-32(28)39(31(27)19-4-1)35-23-5-2-6-24-36(35)40(38-26-14-13-25-37(38)39)33-21-11-8-17-29(33)30-18-9-12-22-34(30)40;1-2/h1-18,20-22,24-26H,19,23H2;1-2H3. The molecular formula is C42H34. The lowest BCUT2D eigenvalue weighted by Gasteiger charge is -2.50. The van der Waals surface area contributed by atoms with E-state index in [0.717, 1.165) is 12.8 Å². The number of hydrogen-bond donors (Lipinski definition) is 0. The van der Waals surface area contributed by atoms with Gasteiger partial charge < -0.3 is 0 Å². The van der Waals surface area contributed by atoms with Gasteiger partial charge in [0.2, 0.25) is 0 Å². The second-order valence-electron chi connectivity index (χ2n) is 11.4. The zero-order valence-corrected chi connectivity index (χ0v) is 24.3. The summed E-state index contributed by atoms with van der Waals surface area (Å²) in [5, 5.41) is 0. The highest BCUT2D eigenvalue weighted by atomic mass is 14.6. The van der Waals surface area contributed by atoms with Crippen molar-refractivity contribution in [3.63, 3.8) is 0 Å². The molecule has 0 bridgehead atoms. The Balaban J connectivity index is 0.00000131. The summed E-state index contributed by atoms with van der Waals surface area (Å²) in [6.07, 6.45) is 20.3. The minimum Gasteiger partial charge on any atom is -0.0804 e. The quantitative estimate of drug-likeness (QED) is 0.209. The molecule has 0 amide bonds. The third-order valence-corrected chi connectivity index (χ3v) is 9.93. The van der Waals surface area contributed by atoms with Crippen molar-refractivity contribution in [2.75, 3.05) is 0 Å². The smallest absolute Gasteiger partial charge is 0.0717 e. The fourth-order valence-electron chi connectivity index (χ4n) is 8.69. The van der Waals surface area contributed by atoms with Crippen LogP contribution in [0.2, 0.25) is 0 Å². The fraction of sp³-hybridized carbons (Fsp3) is 0.143. The van der Waals surface area contributed by atoms with Crippen molar-refractivity contribution >= 4 is 5.57 Å². The Kier molecular flexibility index (Phi) is 5.63. The van der Waals surface area contributed by atoms with E-state index in [2.05, 4.69) is 146 Å². The van der Waals surface area contributed by atoms with Crippen molar-refractivity contribution in [3.05, 3.63) is 196 Å². The van der Waals surface area contributed by atoms with Crippen LogP contribution < -0.4 is 0 Å². The van der Waals surface area contributed by atoms with Crippen LogP contribution in [-0.2, 0) is 10.8 Å². The Morgan fingerprint density at radius 3 is 1.50 bits per heavy atom. The molecule has 0 aliphatic heterocycles. The molecule has 0 aromatic heterocycles. The first-order valence-electron chi connectivity index (χ1n) is 15.4. The van der Waals surface area contributed by atoms with E-state index >= 15 is 0 Å². The number of allylic oxidation sites excluding steroid dienone is 12. The van der Waals surface area contributed by atoms with Crippen LogP contribution in [0, 0.1) is 0 Å². The maximum absolute atomic E-state index is 2.44. The van der Waals surface area contributed by atoms with E-state index in [9.17, 15) is 0 Å². The molecule has 1 unspecified atom stereocenters. The predicted octanol–water partition coefficient (Wildman–Crippen LogP) is 10.4. The molecule has 1 atom stereocenters. The Morgan fingerprint density at radius 2 is 0.881 bits per heavy atom. The third-order valence-electron chi connectivity index (χ3n) is 9.93. The van der Waals surface area contributed by atoms with E-state index in [1.807, 2.05) is 13.8 Å². The molecule has 0 fully saturated rings. The van der Waals surface area contributed by atoms with Gasteiger partial charge in [-0.3, -0.25) is 0 Å². The predicted molar refractivity (Wildman–Crippen MR) is 177 cm³/mol. The highest BCUT2D eigenvalue weighted by Crippen LogP contribution is 2.68. The number of fused-ring (bicyclic) bond motifs is 14. The average Bonchev–Trinajstić information content (AvgIpc) is 3.23. The summed E-state index contributed by atoms with van der Waals surface area (Å²) in [6, 6.07) is 36.8. The first kappa shape index (κ1) is 25.1. The van der Waals surface area contributed by atoms with Crippen molar-refractivity contribution in [1.29, 1.82) is 0 Å². The van der Waals surface area contributed by atoms with E-state index in [0.29, 0.717) is 0 Å². The summed E-state index contributed by atoms with van der Waals surface area (Å²) >= 11 is 0. The number of benzene rings is 4.